The molecular formula is C18H23NO5. The fourth-order valence-corrected chi connectivity index (χ4v) is 2.61. The quantitative estimate of drug-likeness (QED) is 0.829. The van der Waals surface area contributed by atoms with E-state index in [9.17, 15) is 9.59 Å². The van der Waals surface area contributed by atoms with Gasteiger partial charge in [-0.3, -0.25) is 9.59 Å². The van der Waals surface area contributed by atoms with E-state index in [4.69, 9.17) is 14.6 Å². The van der Waals surface area contributed by atoms with Gasteiger partial charge in [-0.1, -0.05) is 26.0 Å². The second kappa shape index (κ2) is 7.86. The molecule has 0 fully saturated rings. The van der Waals surface area contributed by atoms with Gasteiger partial charge in [0, 0.05) is 18.7 Å². The Morgan fingerprint density at radius 2 is 2.12 bits per heavy atom. The molecule has 0 unspecified atom stereocenters. The number of rotatable bonds is 7. The lowest BCUT2D eigenvalue weighted by Crippen LogP contribution is -2.38. The lowest BCUT2D eigenvalue weighted by Gasteiger charge is -2.27. The molecule has 0 radical (unpaired) electrons. The summed E-state index contributed by atoms with van der Waals surface area (Å²) in [4.78, 5) is 25.2. The summed E-state index contributed by atoms with van der Waals surface area (Å²) < 4.78 is 11.0. The average molecular weight is 333 g/mol. The van der Waals surface area contributed by atoms with E-state index in [1.807, 2.05) is 26.0 Å². The zero-order valence-electron chi connectivity index (χ0n) is 14.2. The summed E-state index contributed by atoms with van der Waals surface area (Å²) in [6.07, 6.45) is 1.72. The largest absolute Gasteiger partial charge is 0.493 e. The molecule has 24 heavy (non-hydrogen) atoms. The third-order valence-corrected chi connectivity index (χ3v) is 3.67. The Balaban J connectivity index is 2.22. The maximum absolute atomic E-state index is 12.8. The number of methoxy groups -OCH3 is 1. The lowest BCUT2D eigenvalue weighted by molar-refractivity contribution is -0.138. The van der Waals surface area contributed by atoms with E-state index in [1.54, 1.807) is 24.2 Å². The van der Waals surface area contributed by atoms with E-state index in [-0.39, 0.29) is 31.4 Å². The second-order valence-electron chi connectivity index (χ2n) is 6.13. The van der Waals surface area contributed by atoms with Crippen molar-refractivity contribution in [2.24, 2.45) is 5.92 Å². The number of para-hydroxylation sites is 1. The van der Waals surface area contributed by atoms with E-state index in [0.29, 0.717) is 23.6 Å². The molecule has 1 aromatic carbocycles. The van der Waals surface area contributed by atoms with E-state index < -0.39 is 5.97 Å². The molecule has 1 amide bonds. The van der Waals surface area contributed by atoms with Crippen LogP contribution in [0, 0.1) is 5.92 Å². The van der Waals surface area contributed by atoms with Crippen molar-refractivity contribution in [1.29, 1.82) is 0 Å². The van der Waals surface area contributed by atoms with Crippen LogP contribution < -0.4 is 9.47 Å². The van der Waals surface area contributed by atoms with Gasteiger partial charge in [0.05, 0.1) is 19.1 Å². The van der Waals surface area contributed by atoms with Gasteiger partial charge in [0.1, 0.15) is 6.61 Å². The minimum atomic E-state index is -0.916. The van der Waals surface area contributed by atoms with Crippen molar-refractivity contribution in [2.75, 3.05) is 26.8 Å². The van der Waals surface area contributed by atoms with Crippen molar-refractivity contribution in [3.63, 3.8) is 0 Å². The normalized spacial score (nSPS) is 12.9. The highest BCUT2D eigenvalue weighted by atomic mass is 16.5. The van der Waals surface area contributed by atoms with Gasteiger partial charge < -0.3 is 19.5 Å². The molecule has 1 aromatic rings. The molecule has 0 saturated heterocycles. The van der Waals surface area contributed by atoms with Crippen LogP contribution in [0.3, 0.4) is 0 Å². The van der Waals surface area contributed by atoms with Crippen molar-refractivity contribution in [3.8, 4) is 11.5 Å². The Morgan fingerprint density at radius 1 is 1.38 bits per heavy atom. The molecule has 0 atom stereocenters. The summed E-state index contributed by atoms with van der Waals surface area (Å²) in [5.41, 5.74) is 1.30. The van der Waals surface area contributed by atoms with Gasteiger partial charge in [0.25, 0.3) is 5.91 Å². The Labute approximate surface area is 141 Å². The molecule has 1 N–H and O–H groups in total. The van der Waals surface area contributed by atoms with Crippen molar-refractivity contribution < 1.29 is 24.2 Å². The summed E-state index contributed by atoms with van der Waals surface area (Å²) in [5, 5.41) is 8.89. The molecule has 1 aliphatic heterocycles. The fraction of sp³-hybridized carbons (Fsp3) is 0.444. The number of ether oxygens (including phenoxy) is 2. The van der Waals surface area contributed by atoms with Crippen LogP contribution in [0.5, 0.6) is 11.5 Å². The first-order chi connectivity index (χ1) is 11.4. The minimum absolute atomic E-state index is 0.0724. The van der Waals surface area contributed by atoms with Gasteiger partial charge >= 0.3 is 5.97 Å². The SMILES string of the molecule is COc1cccc2c1OCC(C(=O)N(CCC(=O)O)CC(C)C)=C2. The first-order valence-electron chi connectivity index (χ1n) is 7.93. The maximum atomic E-state index is 12.8. The molecule has 6 heteroatoms. The summed E-state index contributed by atoms with van der Waals surface area (Å²) in [7, 11) is 1.57. The monoisotopic (exact) mass is 333 g/mol. The van der Waals surface area contributed by atoms with Crippen LogP contribution >= 0.6 is 0 Å². The van der Waals surface area contributed by atoms with Crippen molar-refractivity contribution in [2.45, 2.75) is 20.3 Å². The minimum Gasteiger partial charge on any atom is -0.493 e. The van der Waals surface area contributed by atoms with Crippen LogP contribution in [0.25, 0.3) is 6.08 Å². The summed E-state index contributed by atoms with van der Waals surface area (Å²) in [5.74, 6) is 0.400. The highest BCUT2D eigenvalue weighted by molar-refractivity contribution is 5.99. The molecule has 130 valence electrons. The van der Waals surface area contributed by atoms with Crippen LogP contribution in [0.4, 0.5) is 0 Å². The van der Waals surface area contributed by atoms with Crippen LogP contribution in [0.15, 0.2) is 23.8 Å². The van der Waals surface area contributed by atoms with E-state index in [1.165, 1.54) is 0 Å². The molecule has 6 nitrogen and oxygen atoms in total. The van der Waals surface area contributed by atoms with Crippen LogP contribution in [0.2, 0.25) is 0 Å². The molecular weight excluding hydrogens is 310 g/mol. The Hall–Kier alpha value is -2.50. The summed E-state index contributed by atoms with van der Waals surface area (Å²) in [6, 6.07) is 5.49. The molecule has 0 saturated carbocycles. The van der Waals surface area contributed by atoms with Crippen LogP contribution in [0.1, 0.15) is 25.8 Å². The van der Waals surface area contributed by atoms with E-state index in [0.717, 1.165) is 5.56 Å². The summed E-state index contributed by atoms with van der Waals surface area (Å²) >= 11 is 0. The molecule has 0 aliphatic carbocycles. The Kier molecular flexibility index (Phi) is 5.84. The van der Waals surface area contributed by atoms with E-state index in [2.05, 4.69) is 0 Å². The van der Waals surface area contributed by atoms with Crippen LogP contribution in [-0.2, 0) is 9.59 Å². The van der Waals surface area contributed by atoms with Crippen molar-refractivity contribution >= 4 is 18.0 Å². The molecule has 2 rings (SSSR count). The van der Waals surface area contributed by atoms with Gasteiger partial charge in [-0.15, -0.1) is 0 Å². The zero-order chi connectivity index (χ0) is 17.7. The summed E-state index contributed by atoms with van der Waals surface area (Å²) in [6.45, 7) is 4.83. The topological polar surface area (TPSA) is 76.1 Å². The number of carboxylic acid groups (broad SMARTS) is 1. The third-order valence-electron chi connectivity index (χ3n) is 3.67. The number of carboxylic acids is 1. The highest BCUT2D eigenvalue weighted by Gasteiger charge is 2.24. The zero-order valence-corrected chi connectivity index (χ0v) is 14.2. The van der Waals surface area contributed by atoms with Gasteiger partial charge in [0.2, 0.25) is 0 Å². The molecule has 1 aliphatic rings. The third kappa shape index (κ3) is 4.28. The Bertz CT molecular complexity index is 651. The fourth-order valence-electron chi connectivity index (χ4n) is 2.61. The van der Waals surface area contributed by atoms with Crippen molar-refractivity contribution in [3.05, 3.63) is 29.3 Å². The number of nitrogens with zero attached hydrogens (tertiary/aromatic N) is 1. The average Bonchev–Trinajstić information content (AvgIpc) is 2.56. The Morgan fingerprint density at radius 3 is 2.75 bits per heavy atom. The second-order valence-corrected chi connectivity index (χ2v) is 6.13. The molecule has 0 bridgehead atoms. The van der Waals surface area contributed by atoms with Gasteiger partial charge in [-0.05, 0) is 18.1 Å². The smallest absolute Gasteiger partial charge is 0.305 e. The molecule has 0 spiro atoms. The van der Waals surface area contributed by atoms with Gasteiger partial charge in [-0.25, -0.2) is 0 Å². The number of amides is 1. The van der Waals surface area contributed by atoms with E-state index >= 15 is 0 Å². The van der Waals surface area contributed by atoms with Crippen LogP contribution in [-0.4, -0.2) is 48.7 Å². The first kappa shape index (κ1) is 17.8. The highest BCUT2D eigenvalue weighted by Crippen LogP contribution is 2.35. The number of benzene rings is 1. The van der Waals surface area contributed by atoms with Gasteiger partial charge in [-0.2, -0.15) is 0 Å². The number of aliphatic carboxylic acids is 1. The number of carbonyl (C=O) groups excluding carboxylic acids is 1. The lowest BCUT2D eigenvalue weighted by atomic mass is 10.1. The first-order valence-corrected chi connectivity index (χ1v) is 7.93. The predicted molar refractivity (Wildman–Crippen MR) is 90.1 cm³/mol. The van der Waals surface area contributed by atoms with Crippen molar-refractivity contribution in [1.82, 2.24) is 4.90 Å². The predicted octanol–water partition coefficient (Wildman–Crippen LogP) is 2.43. The maximum Gasteiger partial charge on any atom is 0.305 e. The molecule has 1 heterocycles. The standard InChI is InChI=1S/C18H23NO5/c1-12(2)10-19(8-7-16(20)21)18(22)14-9-13-5-4-6-15(23-3)17(13)24-11-14/h4-6,9,12H,7-8,10-11H2,1-3H3,(H,20,21). The number of hydrogen-bond donors (Lipinski definition) is 1. The van der Waals surface area contributed by atoms with Gasteiger partial charge in [0.15, 0.2) is 11.5 Å². The molecule has 0 aromatic heterocycles. The number of hydrogen-bond acceptors (Lipinski definition) is 4. The number of carbonyl (C=O) groups is 2. The number of fused-ring (bicyclic) bond motifs is 1.